The third-order valence-electron chi connectivity index (χ3n) is 6.50. The second-order valence-electron chi connectivity index (χ2n) is 8.21. The van der Waals surface area contributed by atoms with E-state index in [2.05, 4.69) is 15.4 Å². The van der Waals surface area contributed by atoms with Gasteiger partial charge in [0.25, 0.3) is 0 Å². The van der Waals surface area contributed by atoms with Gasteiger partial charge in [-0.3, -0.25) is 9.69 Å². The lowest BCUT2D eigenvalue weighted by atomic mass is 9.84. The molecule has 4 rings (SSSR count). The van der Waals surface area contributed by atoms with E-state index in [1.165, 1.54) is 6.42 Å². The molecule has 1 aromatic heterocycles. The summed E-state index contributed by atoms with van der Waals surface area (Å²) in [7, 11) is 0. The maximum Gasteiger partial charge on any atom is 0.317 e. The number of likely N-dealkylation sites (tertiary alicyclic amines) is 1. The van der Waals surface area contributed by atoms with Gasteiger partial charge in [0, 0.05) is 70.3 Å². The number of carbonyl (C=O) groups excluding carboxylic acids is 2. The first kappa shape index (κ1) is 19.2. The molecule has 1 aromatic rings. The van der Waals surface area contributed by atoms with Gasteiger partial charge in [0.2, 0.25) is 5.91 Å². The standard InChI is InChI=1S/C20H31N5O3/c26-19(17-2-1-3-17)24-13-11-23(12-14-24)10-7-21-20(27)25-8-4-16(5-9-25)18-6-15-28-22-18/h6,15-17H,1-5,7-14H2,(H,21,27). The first-order valence-electron chi connectivity index (χ1n) is 10.6. The zero-order valence-corrected chi connectivity index (χ0v) is 16.5. The van der Waals surface area contributed by atoms with E-state index in [4.69, 9.17) is 4.52 Å². The number of piperazine rings is 1. The molecule has 2 saturated heterocycles. The zero-order chi connectivity index (χ0) is 19.3. The molecular weight excluding hydrogens is 358 g/mol. The minimum Gasteiger partial charge on any atom is -0.365 e. The lowest BCUT2D eigenvalue weighted by Gasteiger charge is -2.38. The number of rotatable bonds is 5. The number of nitrogens with one attached hydrogen (secondary N) is 1. The van der Waals surface area contributed by atoms with Gasteiger partial charge in [0.05, 0.1) is 5.69 Å². The first-order chi connectivity index (χ1) is 13.7. The molecule has 0 atom stereocenters. The molecule has 8 nitrogen and oxygen atoms in total. The highest BCUT2D eigenvalue weighted by Crippen LogP contribution is 2.28. The summed E-state index contributed by atoms with van der Waals surface area (Å²) in [5, 5.41) is 7.07. The van der Waals surface area contributed by atoms with Gasteiger partial charge in [0.15, 0.2) is 0 Å². The van der Waals surface area contributed by atoms with Gasteiger partial charge in [0.1, 0.15) is 6.26 Å². The molecule has 1 aliphatic carbocycles. The number of hydrogen-bond donors (Lipinski definition) is 1. The summed E-state index contributed by atoms with van der Waals surface area (Å²) < 4.78 is 4.92. The highest BCUT2D eigenvalue weighted by molar-refractivity contribution is 5.79. The number of hydrogen-bond acceptors (Lipinski definition) is 5. The molecule has 1 N–H and O–H groups in total. The van der Waals surface area contributed by atoms with Crippen molar-refractivity contribution in [2.24, 2.45) is 5.92 Å². The molecule has 3 heterocycles. The van der Waals surface area contributed by atoms with Crippen molar-refractivity contribution in [3.8, 4) is 0 Å². The number of amides is 3. The first-order valence-corrected chi connectivity index (χ1v) is 10.6. The minimum absolute atomic E-state index is 0.0254. The van der Waals surface area contributed by atoms with Crippen LogP contribution in [0.15, 0.2) is 16.9 Å². The van der Waals surface area contributed by atoms with Gasteiger partial charge >= 0.3 is 6.03 Å². The highest BCUT2D eigenvalue weighted by atomic mass is 16.5. The van der Waals surface area contributed by atoms with E-state index < -0.39 is 0 Å². The van der Waals surface area contributed by atoms with E-state index in [-0.39, 0.29) is 6.03 Å². The minimum atomic E-state index is 0.0254. The molecule has 0 radical (unpaired) electrons. The smallest absolute Gasteiger partial charge is 0.317 e. The highest BCUT2D eigenvalue weighted by Gasteiger charge is 2.31. The van der Waals surface area contributed by atoms with Crippen LogP contribution in [0.1, 0.15) is 43.7 Å². The fourth-order valence-electron chi connectivity index (χ4n) is 4.35. The second-order valence-corrected chi connectivity index (χ2v) is 8.21. The van der Waals surface area contributed by atoms with Crippen LogP contribution in [-0.4, -0.2) is 84.2 Å². The maximum absolute atomic E-state index is 12.4. The van der Waals surface area contributed by atoms with Crippen LogP contribution in [0, 0.1) is 5.92 Å². The summed E-state index contributed by atoms with van der Waals surface area (Å²) in [6.07, 6.45) is 6.81. The summed E-state index contributed by atoms with van der Waals surface area (Å²) >= 11 is 0. The molecule has 3 aliphatic rings. The van der Waals surface area contributed by atoms with Crippen molar-refractivity contribution in [2.75, 3.05) is 52.4 Å². The van der Waals surface area contributed by atoms with Crippen LogP contribution in [0.25, 0.3) is 0 Å². The Hall–Kier alpha value is -2.09. The van der Waals surface area contributed by atoms with Crippen molar-refractivity contribution in [2.45, 2.75) is 38.0 Å². The van der Waals surface area contributed by atoms with Crippen molar-refractivity contribution in [3.05, 3.63) is 18.0 Å². The molecule has 0 bridgehead atoms. The Morgan fingerprint density at radius 3 is 2.39 bits per heavy atom. The van der Waals surface area contributed by atoms with Gasteiger partial charge in [-0.1, -0.05) is 11.6 Å². The predicted molar refractivity (Wildman–Crippen MR) is 104 cm³/mol. The SMILES string of the molecule is O=C(NCCN1CCN(C(=O)C2CCC2)CC1)N1CCC(c2ccon2)CC1. The van der Waals surface area contributed by atoms with Gasteiger partial charge < -0.3 is 19.6 Å². The molecule has 1 saturated carbocycles. The van der Waals surface area contributed by atoms with Crippen LogP contribution in [0.4, 0.5) is 4.79 Å². The molecule has 2 aliphatic heterocycles. The van der Waals surface area contributed by atoms with E-state index >= 15 is 0 Å². The van der Waals surface area contributed by atoms with Crippen LogP contribution < -0.4 is 5.32 Å². The third kappa shape index (κ3) is 4.48. The van der Waals surface area contributed by atoms with E-state index in [1.807, 2.05) is 15.9 Å². The van der Waals surface area contributed by atoms with Crippen LogP contribution in [0.5, 0.6) is 0 Å². The summed E-state index contributed by atoms with van der Waals surface area (Å²) in [6, 6.07) is 1.94. The monoisotopic (exact) mass is 389 g/mol. The van der Waals surface area contributed by atoms with Gasteiger partial charge in [-0.15, -0.1) is 0 Å². The quantitative estimate of drug-likeness (QED) is 0.825. The normalized spacial score (nSPS) is 22.1. The Labute approximate surface area is 166 Å². The number of carbonyl (C=O) groups is 2. The molecule has 8 heteroatoms. The van der Waals surface area contributed by atoms with Gasteiger partial charge in [-0.25, -0.2) is 4.79 Å². The van der Waals surface area contributed by atoms with E-state index in [0.29, 0.717) is 24.3 Å². The molecule has 0 unspecified atom stereocenters. The maximum atomic E-state index is 12.4. The summed E-state index contributed by atoms with van der Waals surface area (Å²) in [6.45, 7) is 6.44. The molecule has 28 heavy (non-hydrogen) atoms. The lowest BCUT2D eigenvalue weighted by Crippen LogP contribution is -2.52. The fraction of sp³-hybridized carbons (Fsp3) is 0.750. The fourth-order valence-corrected chi connectivity index (χ4v) is 4.35. The third-order valence-corrected chi connectivity index (χ3v) is 6.50. The summed E-state index contributed by atoms with van der Waals surface area (Å²) in [4.78, 5) is 31.0. The Bertz CT molecular complexity index is 645. The van der Waals surface area contributed by atoms with Crippen LogP contribution in [0.3, 0.4) is 0 Å². The van der Waals surface area contributed by atoms with Crippen LogP contribution in [-0.2, 0) is 4.79 Å². The number of urea groups is 1. The molecule has 3 fully saturated rings. The van der Waals surface area contributed by atoms with Crippen molar-refractivity contribution in [1.82, 2.24) is 25.2 Å². The molecule has 154 valence electrons. The zero-order valence-electron chi connectivity index (χ0n) is 16.5. The van der Waals surface area contributed by atoms with Gasteiger partial charge in [-0.2, -0.15) is 0 Å². The number of aromatic nitrogens is 1. The molecule has 0 aromatic carbocycles. The largest absolute Gasteiger partial charge is 0.365 e. The van der Waals surface area contributed by atoms with Gasteiger partial charge in [-0.05, 0) is 25.7 Å². The van der Waals surface area contributed by atoms with E-state index in [0.717, 1.165) is 77.2 Å². The Morgan fingerprint density at radius 1 is 1.04 bits per heavy atom. The van der Waals surface area contributed by atoms with Crippen molar-refractivity contribution < 1.29 is 14.1 Å². The van der Waals surface area contributed by atoms with Crippen LogP contribution in [0.2, 0.25) is 0 Å². The average Bonchev–Trinajstić information content (AvgIpc) is 3.22. The summed E-state index contributed by atoms with van der Waals surface area (Å²) in [5.74, 6) is 1.04. The van der Waals surface area contributed by atoms with Crippen molar-refractivity contribution in [1.29, 1.82) is 0 Å². The van der Waals surface area contributed by atoms with Crippen molar-refractivity contribution >= 4 is 11.9 Å². The number of nitrogens with zero attached hydrogens (tertiary/aromatic N) is 4. The van der Waals surface area contributed by atoms with Crippen molar-refractivity contribution in [3.63, 3.8) is 0 Å². The Balaban J connectivity index is 1.10. The molecule has 3 amide bonds. The van der Waals surface area contributed by atoms with Crippen LogP contribution >= 0.6 is 0 Å². The lowest BCUT2D eigenvalue weighted by molar-refractivity contribution is -0.139. The Morgan fingerprint density at radius 2 is 1.79 bits per heavy atom. The average molecular weight is 390 g/mol. The van der Waals surface area contributed by atoms with E-state index in [1.54, 1.807) is 6.26 Å². The second kappa shape index (κ2) is 8.94. The molecular formula is C20H31N5O3. The predicted octanol–water partition coefficient (Wildman–Crippen LogP) is 1.51. The Kier molecular flexibility index (Phi) is 6.14. The topological polar surface area (TPSA) is 81.9 Å². The summed E-state index contributed by atoms with van der Waals surface area (Å²) in [5.41, 5.74) is 0.995. The molecule has 0 spiro atoms. The van der Waals surface area contributed by atoms with E-state index in [9.17, 15) is 9.59 Å². The number of piperidine rings is 1.